The van der Waals surface area contributed by atoms with Gasteiger partial charge in [-0.25, -0.2) is 0 Å². The third-order valence-corrected chi connectivity index (χ3v) is 4.61. The molecule has 24 heavy (non-hydrogen) atoms. The van der Waals surface area contributed by atoms with Crippen LogP contribution < -0.4 is 5.32 Å². The molecule has 1 aromatic rings. The van der Waals surface area contributed by atoms with Gasteiger partial charge in [0.2, 0.25) is 11.8 Å². The molecule has 4 nitrogen and oxygen atoms in total. The van der Waals surface area contributed by atoms with Crippen LogP contribution >= 0.6 is 0 Å². The number of carbonyl (C=O) groups is 2. The third-order valence-electron chi connectivity index (χ3n) is 4.61. The Hall–Kier alpha value is -1.84. The minimum Gasteiger partial charge on any atom is -0.351 e. The zero-order valence-electron chi connectivity index (χ0n) is 15.6. The molecule has 132 valence electrons. The van der Waals surface area contributed by atoms with Crippen molar-refractivity contribution in [3.8, 4) is 0 Å². The van der Waals surface area contributed by atoms with Crippen molar-refractivity contribution in [3.63, 3.8) is 0 Å². The van der Waals surface area contributed by atoms with E-state index >= 15 is 0 Å². The van der Waals surface area contributed by atoms with Crippen LogP contribution in [0.5, 0.6) is 0 Å². The summed E-state index contributed by atoms with van der Waals surface area (Å²) < 4.78 is 0. The fourth-order valence-corrected chi connectivity index (χ4v) is 3.06. The van der Waals surface area contributed by atoms with Crippen LogP contribution in [0.4, 0.5) is 0 Å². The Bertz CT molecular complexity index is 585. The van der Waals surface area contributed by atoms with Gasteiger partial charge in [0.05, 0.1) is 6.04 Å². The van der Waals surface area contributed by atoms with Crippen molar-refractivity contribution in [2.24, 2.45) is 0 Å². The molecule has 2 amide bonds. The fraction of sp³-hybridized carbons (Fsp3) is 0.600. The van der Waals surface area contributed by atoms with Crippen LogP contribution in [0.1, 0.15) is 58.6 Å². The molecule has 1 saturated heterocycles. The molecule has 1 aliphatic rings. The lowest BCUT2D eigenvalue weighted by molar-refractivity contribution is -0.129. The smallest absolute Gasteiger partial charge is 0.225 e. The molecule has 0 aromatic heterocycles. The second-order valence-electron chi connectivity index (χ2n) is 8.06. The highest BCUT2D eigenvalue weighted by Crippen LogP contribution is 2.22. The minimum atomic E-state index is -0.0457. The molecule has 1 heterocycles. The van der Waals surface area contributed by atoms with Crippen molar-refractivity contribution in [1.29, 1.82) is 0 Å². The second kappa shape index (κ2) is 7.37. The fourth-order valence-electron chi connectivity index (χ4n) is 3.06. The zero-order chi connectivity index (χ0) is 17.9. The molecule has 1 aliphatic heterocycles. The maximum Gasteiger partial charge on any atom is 0.225 e. The summed E-state index contributed by atoms with van der Waals surface area (Å²) in [5.41, 5.74) is 2.62. The molecule has 1 aromatic carbocycles. The number of benzene rings is 1. The highest BCUT2D eigenvalue weighted by molar-refractivity contribution is 5.82. The summed E-state index contributed by atoms with van der Waals surface area (Å²) >= 11 is 0. The number of aryl methyl sites for hydroxylation is 1. The van der Waals surface area contributed by atoms with E-state index in [1.807, 2.05) is 18.7 Å². The van der Waals surface area contributed by atoms with Crippen LogP contribution in [0.3, 0.4) is 0 Å². The minimum absolute atomic E-state index is 0.0262. The van der Waals surface area contributed by atoms with Gasteiger partial charge in [-0.05, 0) is 36.8 Å². The molecule has 0 bridgehead atoms. The molecular formula is C20H30N2O2. The number of carbonyl (C=O) groups excluding carboxylic acids is 2. The van der Waals surface area contributed by atoms with Gasteiger partial charge >= 0.3 is 0 Å². The predicted octanol–water partition coefficient (Wildman–Crippen LogP) is 3.04. The van der Waals surface area contributed by atoms with Gasteiger partial charge in [-0.3, -0.25) is 9.59 Å². The number of hydrogen-bond donors (Lipinski definition) is 1. The number of likely N-dealkylation sites (tertiary alicyclic amines) is 1. The monoisotopic (exact) mass is 330 g/mol. The van der Waals surface area contributed by atoms with Crippen LogP contribution in [0.25, 0.3) is 0 Å². The van der Waals surface area contributed by atoms with Crippen molar-refractivity contribution >= 4 is 11.8 Å². The first-order valence-electron chi connectivity index (χ1n) is 8.85. The van der Waals surface area contributed by atoms with Crippen LogP contribution in [-0.2, 0) is 21.4 Å². The third kappa shape index (κ3) is 4.83. The average Bonchev–Trinajstić information content (AvgIpc) is 2.85. The van der Waals surface area contributed by atoms with E-state index in [9.17, 15) is 9.59 Å². The number of hydrogen-bond acceptors (Lipinski definition) is 2. The highest BCUT2D eigenvalue weighted by atomic mass is 16.2. The molecule has 4 heteroatoms. The van der Waals surface area contributed by atoms with Gasteiger partial charge in [-0.2, -0.15) is 0 Å². The quantitative estimate of drug-likeness (QED) is 0.902. The van der Waals surface area contributed by atoms with Gasteiger partial charge in [0, 0.05) is 25.4 Å². The van der Waals surface area contributed by atoms with Crippen LogP contribution in [0, 0.1) is 0 Å². The van der Waals surface area contributed by atoms with E-state index in [1.54, 1.807) is 0 Å². The van der Waals surface area contributed by atoms with Gasteiger partial charge in [0.15, 0.2) is 0 Å². The van der Waals surface area contributed by atoms with E-state index in [0.29, 0.717) is 19.4 Å². The maximum atomic E-state index is 12.1. The first-order chi connectivity index (χ1) is 11.2. The van der Waals surface area contributed by atoms with Crippen LogP contribution in [0.15, 0.2) is 24.3 Å². The normalized spacial score (nSPS) is 18.3. The summed E-state index contributed by atoms with van der Waals surface area (Å²) in [6.07, 6.45) is 1.61. The van der Waals surface area contributed by atoms with Gasteiger partial charge in [0.25, 0.3) is 0 Å². The molecule has 0 saturated carbocycles. The average molecular weight is 330 g/mol. The second-order valence-corrected chi connectivity index (χ2v) is 8.06. The van der Waals surface area contributed by atoms with E-state index in [4.69, 9.17) is 0 Å². The molecule has 1 N–H and O–H groups in total. The molecular weight excluding hydrogens is 300 g/mol. The van der Waals surface area contributed by atoms with Crippen molar-refractivity contribution in [1.82, 2.24) is 10.2 Å². The van der Waals surface area contributed by atoms with E-state index in [-0.39, 0.29) is 29.3 Å². The van der Waals surface area contributed by atoms with Crippen molar-refractivity contribution < 1.29 is 9.59 Å². The van der Waals surface area contributed by atoms with Crippen LogP contribution in [-0.4, -0.2) is 35.3 Å². The molecule has 0 spiro atoms. The molecule has 0 aliphatic carbocycles. The Morgan fingerprint density at radius 2 is 1.88 bits per heavy atom. The summed E-state index contributed by atoms with van der Waals surface area (Å²) in [4.78, 5) is 25.8. The van der Waals surface area contributed by atoms with E-state index in [0.717, 1.165) is 6.42 Å². The molecule has 1 atom stereocenters. The van der Waals surface area contributed by atoms with Crippen molar-refractivity contribution in [3.05, 3.63) is 35.4 Å². The Kier molecular flexibility index (Phi) is 5.68. The lowest BCUT2D eigenvalue weighted by atomic mass is 9.86. The van der Waals surface area contributed by atoms with E-state index < -0.39 is 0 Å². The Morgan fingerprint density at radius 3 is 2.38 bits per heavy atom. The van der Waals surface area contributed by atoms with E-state index in [1.165, 1.54) is 11.1 Å². The number of nitrogens with zero attached hydrogens (tertiary/aromatic N) is 1. The Balaban J connectivity index is 1.81. The first-order valence-corrected chi connectivity index (χ1v) is 8.85. The summed E-state index contributed by atoms with van der Waals surface area (Å²) in [6, 6.07) is 8.64. The number of rotatable bonds is 5. The Morgan fingerprint density at radius 1 is 1.25 bits per heavy atom. The summed E-state index contributed by atoms with van der Waals surface area (Å²) in [5, 5.41) is 3.00. The first kappa shape index (κ1) is 18.5. The number of nitrogens with one attached hydrogen (secondary N) is 1. The predicted molar refractivity (Wildman–Crippen MR) is 96.9 cm³/mol. The summed E-state index contributed by atoms with van der Waals surface area (Å²) in [7, 11) is 0. The van der Waals surface area contributed by atoms with Gasteiger partial charge in [-0.1, -0.05) is 45.0 Å². The van der Waals surface area contributed by atoms with Crippen molar-refractivity contribution in [2.45, 2.75) is 71.4 Å². The van der Waals surface area contributed by atoms with Crippen LogP contribution in [0.2, 0.25) is 0 Å². The number of amides is 2. The van der Waals surface area contributed by atoms with Crippen molar-refractivity contribution in [2.75, 3.05) is 6.54 Å². The van der Waals surface area contributed by atoms with Gasteiger partial charge in [0.1, 0.15) is 0 Å². The lowest BCUT2D eigenvalue weighted by Crippen LogP contribution is -2.38. The van der Waals surface area contributed by atoms with Gasteiger partial charge < -0.3 is 10.2 Å². The summed E-state index contributed by atoms with van der Waals surface area (Å²) in [6.45, 7) is 11.2. The molecule has 1 fully saturated rings. The summed E-state index contributed by atoms with van der Waals surface area (Å²) in [5.74, 6) is 0.159. The Labute approximate surface area is 145 Å². The molecule has 2 rings (SSSR count). The van der Waals surface area contributed by atoms with E-state index in [2.05, 4.69) is 50.4 Å². The molecule has 0 radical (unpaired) electrons. The largest absolute Gasteiger partial charge is 0.351 e. The molecule has 1 unspecified atom stereocenters. The zero-order valence-corrected chi connectivity index (χ0v) is 15.6. The highest BCUT2D eigenvalue weighted by Gasteiger charge is 2.31. The lowest BCUT2D eigenvalue weighted by Gasteiger charge is -2.21. The van der Waals surface area contributed by atoms with Gasteiger partial charge in [-0.15, -0.1) is 0 Å². The SMILES string of the molecule is CC(C)N1CC(NC(=O)CCc2ccc(C(C)(C)C)cc2)CC1=O. The topological polar surface area (TPSA) is 49.4 Å². The maximum absolute atomic E-state index is 12.1. The standard InChI is InChI=1S/C20H30N2O2/c1-14(2)22-13-17(12-19(22)24)21-18(23)11-8-15-6-9-16(10-7-15)20(3,4)5/h6-7,9-10,14,17H,8,11-13H2,1-5H3,(H,21,23).